The van der Waals surface area contributed by atoms with Crippen LogP contribution in [0.1, 0.15) is 63.4 Å². The Morgan fingerprint density at radius 2 is 1.76 bits per heavy atom. The molecule has 6 rings (SSSR count). The van der Waals surface area contributed by atoms with Crippen molar-refractivity contribution in [3.63, 3.8) is 0 Å². The van der Waals surface area contributed by atoms with Crippen molar-refractivity contribution in [2.45, 2.75) is 63.8 Å². The van der Waals surface area contributed by atoms with E-state index in [0.717, 1.165) is 37.7 Å². The number of imide groups is 1. The molecule has 1 heterocycles. The number of phenols is 1. The Hall–Kier alpha value is -3.00. The van der Waals surface area contributed by atoms with Gasteiger partial charge < -0.3 is 9.84 Å². The van der Waals surface area contributed by atoms with Gasteiger partial charge in [0.05, 0.1) is 18.9 Å². The maximum Gasteiger partial charge on any atom is 0.233 e. The first-order valence-corrected chi connectivity index (χ1v) is 14.2. The molecule has 4 atom stereocenters. The molecule has 0 radical (unpaired) electrons. The van der Waals surface area contributed by atoms with E-state index >= 15 is 0 Å². The quantitative estimate of drug-likeness (QED) is 0.309. The first kappa shape index (κ1) is 25.3. The molecule has 2 amide bonds. The molecule has 0 bridgehead atoms. The second kappa shape index (κ2) is 9.33. The van der Waals surface area contributed by atoms with Gasteiger partial charge in [0.25, 0.3) is 0 Å². The summed E-state index contributed by atoms with van der Waals surface area (Å²) in [6.07, 6.45) is 8.78. The van der Waals surface area contributed by atoms with E-state index in [1.807, 2.05) is 6.08 Å². The van der Waals surface area contributed by atoms with Crippen molar-refractivity contribution < 1.29 is 29.0 Å². The number of aromatic hydroxyl groups is 1. The number of hydrogen-bond donors (Lipinski definition) is 1. The van der Waals surface area contributed by atoms with Crippen LogP contribution in [0.5, 0.6) is 11.5 Å². The van der Waals surface area contributed by atoms with Crippen LogP contribution in [0.3, 0.4) is 0 Å². The van der Waals surface area contributed by atoms with Gasteiger partial charge in [0.1, 0.15) is 0 Å². The fourth-order valence-corrected chi connectivity index (χ4v) is 7.86. The van der Waals surface area contributed by atoms with Gasteiger partial charge in [0, 0.05) is 38.7 Å². The summed E-state index contributed by atoms with van der Waals surface area (Å²) in [6.45, 7) is 1.63. The second-order valence-corrected chi connectivity index (χ2v) is 12.0. The van der Waals surface area contributed by atoms with Crippen molar-refractivity contribution in [1.82, 2.24) is 4.90 Å². The Morgan fingerprint density at radius 3 is 2.47 bits per heavy atom. The van der Waals surface area contributed by atoms with Gasteiger partial charge in [0.15, 0.2) is 23.1 Å². The first-order valence-electron chi connectivity index (χ1n) is 13.4. The third-order valence-corrected chi connectivity index (χ3v) is 9.60. The molecular formula is C30H30BrNO6. The fourth-order valence-electron chi connectivity index (χ4n) is 7.41. The van der Waals surface area contributed by atoms with Crippen LogP contribution >= 0.6 is 15.9 Å². The van der Waals surface area contributed by atoms with E-state index in [-0.39, 0.29) is 47.3 Å². The van der Waals surface area contributed by atoms with Crippen molar-refractivity contribution in [2.75, 3.05) is 7.11 Å². The van der Waals surface area contributed by atoms with Crippen molar-refractivity contribution in [3.8, 4) is 11.5 Å². The number of nitrogens with zero attached hydrogens (tertiary/aromatic N) is 1. The van der Waals surface area contributed by atoms with Gasteiger partial charge in [-0.25, -0.2) is 0 Å². The number of hydrogen-bond acceptors (Lipinski definition) is 6. The number of ether oxygens (including phenoxy) is 1. The molecule has 38 heavy (non-hydrogen) atoms. The van der Waals surface area contributed by atoms with Crippen molar-refractivity contribution in [3.05, 3.63) is 56.6 Å². The molecule has 1 aromatic carbocycles. The summed E-state index contributed by atoms with van der Waals surface area (Å²) >= 11 is 3.49. The minimum Gasteiger partial charge on any atom is -0.504 e. The maximum absolute atomic E-state index is 13.9. The molecule has 0 aromatic heterocycles. The molecule has 5 aliphatic rings. The maximum atomic E-state index is 13.9. The lowest BCUT2D eigenvalue weighted by Gasteiger charge is -2.42. The Balaban J connectivity index is 1.50. The highest BCUT2D eigenvalue weighted by atomic mass is 79.9. The molecule has 0 spiro atoms. The Labute approximate surface area is 229 Å². The predicted octanol–water partition coefficient (Wildman–Crippen LogP) is 4.93. The minimum absolute atomic E-state index is 0.0613. The van der Waals surface area contributed by atoms with Gasteiger partial charge in [-0.05, 0) is 56.7 Å². The smallest absolute Gasteiger partial charge is 0.233 e. The zero-order valence-electron chi connectivity index (χ0n) is 21.5. The highest BCUT2D eigenvalue weighted by molar-refractivity contribution is 9.10. The number of ketones is 2. The largest absolute Gasteiger partial charge is 0.504 e. The van der Waals surface area contributed by atoms with Crippen LogP contribution in [-0.4, -0.2) is 46.5 Å². The molecule has 8 heteroatoms. The SMILES string of the molecule is COc1cc(Br)cc([C@H]2C3=CC[C@@H]4C(=O)N(C5CCCCC5)C(=O)[C@@H]4[C@@H]3CC3=C2C(=O)C(C)=CC3=O)c1O. The summed E-state index contributed by atoms with van der Waals surface area (Å²) in [7, 11) is 1.45. The average molecular weight is 580 g/mol. The number of allylic oxidation sites excluding steroid dienone is 6. The minimum atomic E-state index is -0.720. The van der Waals surface area contributed by atoms with Crippen molar-refractivity contribution in [2.24, 2.45) is 17.8 Å². The number of halogens is 1. The number of phenolic OH excluding ortho intramolecular Hbond substituents is 1. The van der Waals surface area contributed by atoms with E-state index in [1.165, 1.54) is 18.1 Å². The van der Waals surface area contributed by atoms with Crippen LogP contribution in [0.15, 0.2) is 51.0 Å². The number of likely N-dealkylation sites (tertiary alicyclic amines) is 1. The second-order valence-electron chi connectivity index (χ2n) is 11.1. The van der Waals surface area contributed by atoms with Crippen LogP contribution < -0.4 is 4.74 Å². The summed E-state index contributed by atoms with van der Waals surface area (Å²) < 4.78 is 6.05. The van der Waals surface area contributed by atoms with E-state index in [1.54, 1.807) is 19.1 Å². The van der Waals surface area contributed by atoms with Crippen LogP contribution in [-0.2, 0) is 19.2 Å². The number of methoxy groups -OCH3 is 1. The topological polar surface area (TPSA) is 101 Å². The van der Waals surface area contributed by atoms with E-state index < -0.39 is 23.7 Å². The zero-order valence-corrected chi connectivity index (χ0v) is 23.0. The van der Waals surface area contributed by atoms with E-state index in [0.29, 0.717) is 33.2 Å². The van der Waals surface area contributed by atoms with Crippen molar-refractivity contribution >= 4 is 39.3 Å². The lowest BCUT2D eigenvalue weighted by Crippen LogP contribution is -2.43. The summed E-state index contributed by atoms with van der Waals surface area (Å²) in [5, 5.41) is 11.2. The van der Waals surface area contributed by atoms with Gasteiger partial charge in [-0.1, -0.05) is 46.8 Å². The van der Waals surface area contributed by atoms with Crippen LogP contribution in [0, 0.1) is 17.8 Å². The number of rotatable bonds is 3. The standard InChI is InChI=1S/C30H30BrNO6/c1-14-10-22(33)20-13-19-17(24(26(20)27(14)34)21-11-15(31)12-23(38-2)28(21)35)8-9-18-25(19)30(37)32(29(18)36)16-6-4-3-5-7-16/h8,10-12,16,18-19,24-25,35H,3-7,9,13H2,1-2H3/t18-,19+,24+,25-/m0/s1. The molecular weight excluding hydrogens is 550 g/mol. The Bertz CT molecular complexity index is 1380. The molecule has 7 nitrogen and oxygen atoms in total. The molecule has 4 aliphatic carbocycles. The van der Waals surface area contributed by atoms with Crippen LogP contribution in [0.25, 0.3) is 0 Å². The monoisotopic (exact) mass is 579 g/mol. The highest BCUT2D eigenvalue weighted by Crippen LogP contribution is 2.57. The number of carbonyl (C=O) groups is 4. The number of amides is 2. The van der Waals surface area contributed by atoms with Gasteiger partial charge >= 0.3 is 0 Å². The number of fused-ring (bicyclic) bond motifs is 3. The molecule has 1 aromatic rings. The predicted molar refractivity (Wildman–Crippen MR) is 142 cm³/mol. The lowest BCUT2D eigenvalue weighted by molar-refractivity contribution is -0.143. The first-order chi connectivity index (χ1) is 18.2. The van der Waals surface area contributed by atoms with E-state index in [4.69, 9.17) is 4.74 Å². The highest BCUT2D eigenvalue weighted by Gasteiger charge is 2.57. The molecule has 1 saturated carbocycles. The van der Waals surface area contributed by atoms with Gasteiger partial charge in [0.2, 0.25) is 11.8 Å². The number of carbonyl (C=O) groups excluding carboxylic acids is 4. The normalized spacial score (nSPS) is 29.6. The summed E-state index contributed by atoms with van der Waals surface area (Å²) in [6, 6.07) is 3.32. The average Bonchev–Trinajstić information content (AvgIpc) is 3.17. The molecule has 1 saturated heterocycles. The Morgan fingerprint density at radius 1 is 1.03 bits per heavy atom. The molecule has 198 valence electrons. The summed E-state index contributed by atoms with van der Waals surface area (Å²) in [5.41, 5.74) is 2.34. The lowest BCUT2D eigenvalue weighted by atomic mass is 9.59. The van der Waals surface area contributed by atoms with Crippen LogP contribution in [0.2, 0.25) is 0 Å². The zero-order chi connectivity index (χ0) is 26.9. The summed E-state index contributed by atoms with van der Waals surface area (Å²) in [4.78, 5) is 55.9. The molecule has 0 unspecified atom stereocenters. The molecule has 1 aliphatic heterocycles. The van der Waals surface area contributed by atoms with E-state index in [2.05, 4.69) is 15.9 Å². The Kier molecular flexibility index (Phi) is 6.21. The van der Waals surface area contributed by atoms with Crippen LogP contribution in [0.4, 0.5) is 0 Å². The third-order valence-electron chi connectivity index (χ3n) is 9.14. The third kappa shape index (κ3) is 3.67. The number of Topliss-reactive ketones (excluding diaryl/α,β-unsaturated/α-hetero) is 1. The fraction of sp³-hybridized carbons (Fsp3) is 0.467. The van der Waals surface area contributed by atoms with Gasteiger partial charge in [-0.3, -0.25) is 24.1 Å². The molecule has 2 fully saturated rings. The van der Waals surface area contributed by atoms with Crippen molar-refractivity contribution in [1.29, 1.82) is 0 Å². The number of benzene rings is 1. The summed E-state index contributed by atoms with van der Waals surface area (Å²) in [5.74, 6) is -2.77. The molecule has 1 N–H and O–H groups in total. The van der Waals surface area contributed by atoms with Gasteiger partial charge in [-0.15, -0.1) is 0 Å². The van der Waals surface area contributed by atoms with E-state index in [9.17, 15) is 24.3 Å². The van der Waals surface area contributed by atoms with Gasteiger partial charge in [-0.2, -0.15) is 0 Å².